The molecule has 1 N–H and O–H groups in total. The summed E-state index contributed by atoms with van der Waals surface area (Å²) >= 11 is 0. The van der Waals surface area contributed by atoms with Crippen LogP contribution in [0.25, 0.3) is 10.8 Å². The Morgan fingerprint density at radius 1 is 1.25 bits per heavy atom. The molecule has 1 aromatic heterocycles. The fraction of sp³-hybridized carbons (Fsp3) is 0.300. The second-order valence-electron chi connectivity index (χ2n) is 6.55. The lowest BCUT2D eigenvalue weighted by Crippen LogP contribution is -2.32. The number of aromatic nitrogens is 2. The highest BCUT2D eigenvalue weighted by molar-refractivity contribution is 5.85. The van der Waals surface area contributed by atoms with E-state index in [1.165, 1.54) is 10.8 Å². The Labute approximate surface area is 141 Å². The molecule has 0 radical (unpaired) electrons. The third kappa shape index (κ3) is 2.80. The van der Waals surface area contributed by atoms with Gasteiger partial charge in [-0.05, 0) is 36.1 Å². The highest BCUT2D eigenvalue weighted by Crippen LogP contribution is 2.30. The summed E-state index contributed by atoms with van der Waals surface area (Å²) in [4.78, 5) is 22.5. The van der Waals surface area contributed by atoms with Gasteiger partial charge in [-0.2, -0.15) is 0 Å². The minimum Gasteiger partial charge on any atom is -0.344 e. The maximum absolute atomic E-state index is 12.8. The molecule has 0 aliphatic carbocycles. The molecule has 4 rings (SSSR count). The van der Waals surface area contributed by atoms with Crippen LogP contribution in [0.1, 0.15) is 36.0 Å². The molecule has 0 bridgehead atoms. The zero-order valence-corrected chi connectivity index (χ0v) is 13.8. The van der Waals surface area contributed by atoms with Crippen molar-refractivity contribution in [3.05, 3.63) is 65.7 Å². The molecule has 2 aromatic carbocycles. The van der Waals surface area contributed by atoms with Gasteiger partial charge in [0.05, 0.1) is 12.5 Å². The Bertz CT molecular complexity index is 883. The summed E-state index contributed by atoms with van der Waals surface area (Å²) in [7, 11) is 0. The normalized spacial score (nSPS) is 17.5. The van der Waals surface area contributed by atoms with Gasteiger partial charge in [-0.15, -0.1) is 0 Å². The van der Waals surface area contributed by atoms with Gasteiger partial charge in [-0.25, -0.2) is 4.98 Å². The largest absolute Gasteiger partial charge is 0.344 e. The molecule has 0 unspecified atom stereocenters. The summed E-state index contributed by atoms with van der Waals surface area (Å²) in [5, 5.41) is 2.39. The van der Waals surface area contributed by atoms with Crippen molar-refractivity contribution in [1.29, 1.82) is 0 Å². The zero-order chi connectivity index (χ0) is 16.5. The van der Waals surface area contributed by atoms with Crippen LogP contribution in [-0.2, 0) is 11.2 Å². The van der Waals surface area contributed by atoms with E-state index in [-0.39, 0.29) is 11.9 Å². The molecule has 122 valence electrons. The second-order valence-corrected chi connectivity index (χ2v) is 6.55. The van der Waals surface area contributed by atoms with Gasteiger partial charge in [0.25, 0.3) is 0 Å². The summed E-state index contributed by atoms with van der Waals surface area (Å²) in [6.07, 6.45) is 4.30. The van der Waals surface area contributed by atoms with Crippen LogP contribution in [0.5, 0.6) is 0 Å². The zero-order valence-electron chi connectivity index (χ0n) is 13.8. The number of benzene rings is 2. The maximum atomic E-state index is 12.8. The molecular weight excluding hydrogens is 298 g/mol. The molecule has 1 saturated heterocycles. The minimum absolute atomic E-state index is 0.0895. The van der Waals surface area contributed by atoms with E-state index in [4.69, 9.17) is 0 Å². The first-order chi connectivity index (χ1) is 11.7. The molecule has 4 nitrogen and oxygen atoms in total. The number of rotatable bonds is 3. The van der Waals surface area contributed by atoms with E-state index >= 15 is 0 Å². The van der Waals surface area contributed by atoms with Crippen LogP contribution in [0, 0.1) is 6.92 Å². The van der Waals surface area contributed by atoms with Gasteiger partial charge in [0.1, 0.15) is 5.82 Å². The van der Waals surface area contributed by atoms with Crippen molar-refractivity contribution in [2.24, 2.45) is 0 Å². The average Bonchev–Trinajstić information content (AvgIpc) is 3.23. The van der Waals surface area contributed by atoms with Crippen molar-refractivity contribution in [3.8, 4) is 0 Å². The average molecular weight is 319 g/mol. The second kappa shape index (κ2) is 6.11. The quantitative estimate of drug-likeness (QED) is 0.799. The van der Waals surface area contributed by atoms with Crippen molar-refractivity contribution >= 4 is 16.7 Å². The van der Waals surface area contributed by atoms with Crippen LogP contribution < -0.4 is 0 Å². The Hall–Kier alpha value is -2.62. The number of H-pyrrole nitrogens is 1. The fourth-order valence-corrected chi connectivity index (χ4v) is 3.58. The summed E-state index contributed by atoms with van der Waals surface area (Å²) in [5.41, 5.74) is 2.11. The number of aromatic amines is 1. The highest BCUT2D eigenvalue weighted by Gasteiger charge is 2.31. The number of nitrogens with zero attached hydrogens (tertiary/aromatic N) is 2. The SMILES string of the molecule is Cc1cnc([C@@H]2CCCN2C(=O)Cc2ccc3ccccc3c2)[nH]1. The Morgan fingerprint density at radius 2 is 2.08 bits per heavy atom. The Balaban J connectivity index is 1.54. The lowest BCUT2D eigenvalue weighted by molar-refractivity contribution is -0.131. The van der Waals surface area contributed by atoms with Gasteiger partial charge in [0.2, 0.25) is 5.91 Å². The number of carbonyl (C=O) groups is 1. The molecule has 2 heterocycles. The molecule has 3 aromatic rings. The van der Waals surface area contributed by atoms with Crippen LogP contribution >= 0.6 is 0 Å². The fourth-order valence-electron chi connectivity index (χ4n) is 3.58. The lowest BCUT2D eigenvalue weighted by Gasteiger charge is -2.23. The smallest absolute Gasteiger partial charge is 0.227 e. The number of fused-ring (bicyclic) bond motifs is 1. The standard InChI is InChI=1S/C20H21N3O/c1-14-13-21-20(22-14)18-7-4-10-23(18)19(24)12-15-8-9-16-5-2-3-6-17(16)11-15/h2-3,5-6,8-9,11,13,18H,4,7,10,12H2,1H3,(H,21,22)/t18-/m0/s1. The molecule has 1 amide bonds. The number of amides is 1. The molecule has 1 atom stereocenters. The lowest BCUT2D eigenvalue weighted by atomic mass is 10.0. The van der Waals surface area contributed by atoms with Crippen molar-refractivity contribution in [2.75, 3.05) is 6.54 Å². The number of carbonyl (C=O) groups excluding carboxylic acids is 1. The number of aryl methyl sites for hydroxylation is 1. The molecule has 0 saturated carbocycles. The van der Waals surface area contributed by atoms with Crippen molar-refractivity contribution < 1.29 is 4.79 Å². The molecule has 1 fully saturated rings. The molecule has 1 aliphatic rings. The van der Waals surface area contributed by atoms with E-state index in [1.54, 1.807) is 0 Å². The van der Waals surface area contributed by atoms with Crippen LogP contribution in [-0.4, -0.2) is 27.3 Å². The summed E-state index contributed by atoms with van der Waals surface area (Å²) < 4.78 is 0. The highest BCUT2D eigenvalue weighted by atomic mass is 16.2. The van der Waals surface area contributed by atoms with E-state index in [9.17, 15) is 4.79 Å². The predicted molar refractivity (Wildman–Crippen MR) is 94.7 cm³/mol. The van der Waals surface area contributed by atoms with Gasteiger partial charge < -0.3 is 9.88 Å². The van der Waals surface area contributed by atoms with Crippen LogP contribution in [0.15, 0.2) is 48.7 Å². The monoisotopic (exact) mass is 319 g/mol. The maximum Gasteiger partial charge on any atom is 0.227 e. The molecule has 1 aliphatic heterocycles. The first kappa shape index (κ1) is 14.9. The van der Waals surface area contributed by atoms with E-state index < -0.39 is 0 Å². The van der Waals surface area contributed by atoms with E-state index in [0.29, 0.717) is 6.42 Å². The van der Waals surface area contributed by atoms with Gasteiger partial charge >= 0.3 is 0 Å². The van der Waals surface area contributed by atoms with Gasteiger partial charge in [-0.1, -0.05) is 42.5 Å². The summed E-state index contributed by atoms with van der Waals surface area (Å²) in [6.45, 7) is 2.81. The topological polar surface area (TPSA) is 49.0 Å². The molecular formula is C20H21N3O. The number of hydrogen-bond acceptors (Lipinski definition) is 2. The van der Waals surface area contributed by atoms with Crippen LogP contribution in [0.3, 0.4) is 0 Å². The van der Waals surface area contributed by atoms with Crippen molar-refractivity contribution in [3.63, 3.8) is 0 Å². The number of hydrogen-bond donors (Lipinski definition) is 1. The number of likely N-dealkylation sites (tertiary alicyclic amines) is 1. The van der Waals surface area contributed by atoms with Crippen molar-refractivity contribution in [2.45, 2.75) is 32.2 Å². The molecule has 0 spiro atoms. The third-order valence-corrected chi connectivity index (χ3v) is 4.78. The first-order valence-electron chi connectivity index (χ1n) is 8.49. The predicted octanol–water partition coefficient (Wildman–Crippen LogP) is 3.78. The van der Waals surface area contributed by atoms with E-state index in [0.717, 1.165) is 36.5 Å². The summed E-state index contributed by atoms with van der Waals surface area (Å²) in [6, 6.07) is 14.6. The van der Waals surface area contributed by atoms with Gasteiger partial charge in [0, 0.05) is 18.4 Å². The molecule has 24 heavy (non-hydrogen) atoms. The van der Waals surface area contributed by atoms with E-state index in [1.807, 2.05) is 30.2 Å². The third-order valence-electron chi connectivity index (χ3n) is 4.78. The van der Waals surface area contributed by atoms with Gasteiger partial charge in [0.15, 0.2) is 0 Å². The Morgan fingerprint density at radius 3 is 2.88 bits per heavy atom. The minimum atomic E-state index is 0.0895. The van der Waals surface area contributed by atoms with Crippen LogP contribution in [0.2, 0.25) is 0 Å². The van der Waals surface area contributed by atoms with Crippen LogP contribution in [0.4, 0.5) is 0 Å². The molecule has 4 heteroatoms. The van der Waals surface area contributed by atoms with Crippen molar-refractivity contribution in [1.82, 2.24) is 14.9 Å². The Kier molecular flexibility index (Phi) is 3.81. The number of imidazole rings is 1. The van der Waals surface area contributed by atoms with E-state index in [2.05, 4.69) is 40.3 Å². The number of nitrogens with one attached hydrogen (secondary N) is 1. The summed E-state index contributed by atoms with van der Waals surface area (Å²) in [5.74, 6) is 1.10. The first-order valence-corrected chi connectivity index (χ1v) is 8.49. The van der Waals surface area contributed by atoms with Gasteiger partial charge in [-0.3, -0.25) is 4.79 Å².